The SMILES string of the molecule is O=C(NC(=S)Nc1cccc(NC(=O)c2ccccc2)c1)c1ccc2c(c1)OCCO2. The molecule has 1 heterocycles. The normalized spacial score (nSPS) is 11.9. The Labute approximate surface area is 184 Å². The smallest absolute Gasteiger partial charge is 0.257 e. The van der Waals surface area contributed by atoms with E-state index in [1.54, 1.807) is 66.7 Å². The number of fused-ring (bicyclic) bond motifs is 1. The molecule has 156 valence electrons. The number of ether oxygens (including phenoxy) is 2. The van der Waals surface area contributed by atoms with Gasteiger partial charge in [0.1, 0.15) is 13.2 Å². The van der Waals surface area contributed by atoms with Gasteiger partial charge in [-0.25, -0.2) is 0 Å². The van der Waals surface area contributed by atoms with Crippen molar-refractivity contribution in [3.05, 3.63) is 83.9 Å². The van der Waals surface area contributed by atoms with Crippen LogP contribution in [-0.4, -0.2) is 30.1 Å². The zero-order valence-corrected chi connectivity index (χ0v) is 17.2. The highest BCUT2D eigenvalue weighted by atomic mass is 32.1. The third-order valence-corrected chi connectivity index (χ3v) is 4.65. The first-order valence-corrected chi connectivity index (χ1v) is 9.98. The van der Waals surface area contributed by atoms with E-state index < -0.39 is 0 Å². The molecule has 0 saturated heterocycles. The van der Waals surface area contributed by atoms with Crippen LogP contribution in [0.25, 0.3) is 0 Å². The highest BCUT2D eigenvalue weighted by Crippen LogP contribution is 2.30. The summed E-state index contributed by atoms with van der Waals surface area (Å²) >= 11 is 5.25. The van der Waals surface area contributed by atoms with Crippen molar-refractivity contribution < 1.29 is 19.1 Å². The van der Waals surface area contributed by atoms with Gasteiger partial charge in [-0.1, -0.05) is 24.3 Å². The van der Waals surface area contributed by atoms with E-state index in [9.17, 15) is 9.59 Å². The molecule has 3 N–H and O–H groups in total. The number of amides is 2. The quantitative estimate of drug-likeness (QED) is 0.542. The number of thiocarbonyl (C=S) groups is 1. The minimum atomic E-state index is -0.372. The van der Waals surface area contributed by atoms with Crippen molar-refractivity contribution >= 4 is 40.5 Å². The molecular weight excluding hydrogens is 414 g/mol. The maximum atomic E-state index is 12.5. The van der Waals surface area contributed by atoms with Gasteiger partial charge < -0.3 is 20.1 Å². The fraction of sp³-hybridized carbons (Fsp3) is 0.0870. The average molecular weight is 433 g/mol. The summed E-state index contributed by atoms with van der Waals surface area (Å²) in [5, 5.41) is 8.55. The van der Waals surface area contributed by atoms with E-state index in [1.165, 1.54) is 0 Å². The maximum absolute atomic E-state index is 12.5. The molecule has 0 aromatic heterocycles. The fourth-order valence-electron chi connectivity index (χ4n) is 2.99. The molecule has 0 radical (unpaired) electrons. The molecule has 3 aromatic rings. The van der Waals surface area contributed by atoms with Gasteiger partial charge >= 0.3 is 0 Å². The zero-order valence-electron chi connectivity index (χ0n) is 16.4. The molecular formula is C23H19N3O4S. The van der Waals surface area contributed by atoms with Crippen molar-refractivity contribution in [3.8, 4) is 11.5 Å². The number of rotatable bonds is 4. The summed E-state index contributed by atoms with van der Waals surface area (Å²) in [6.45, 7) is 0.923. The first-order valence-electron chi connectivity index (χ1n) is 9.57. The molecule has 0 saturated carbocycles. The van der Waals surface area contributed by atoms with Crippen molar-refractivity contribution in [2.45, 2.75) is 0 Å². The van der Waals surface area contributed by atoms with Crippen molar-refractivity contribution in [1.29, 1.82) is 0 Å². The van der Waals surface area contributed by atoms with Crippen molar-refractivity contribution in [2.24, 2.45) is 0 Å². The van der Waals surface area contributed by atoms with E-state index in [-0.39, 0.29) is 16.9 Å². The number of benzene rings is 3. The molecule has 1 aliphatic rings. The molecule has 3 aromatic carbocycles. The Morgan fingerprint density at radius 3 is 2.19 bits per heavy atom. The highest BCUT2D eigenvalue weighted by Gasteiger charge is 2.16. The van der Waals surface area contributed by atoms with Crippen LogP contribution in [0.5, 0.6) is 11.5 Å². The largest absolute Gasteiger partial charge is 0.486 e. The summed E-state index contributed by atoms with van der Waals surface area (Å²) < 4.78 is 11.0. The summed E-state index contributed by atoms with van der Waals surface area (Å²) in [7, 11) is 0. The van der Waals surface area contributed by atoms with Gasteiger partial charge in [0.25, 0.3) is 11.8 Å². The van der Waals surface area contributed by atoms with Crippen LogP contribution in [0, 0.1) is 0 Å². The van der Waals surface area contributed by atoms with Gasteiger partial charge in [-0.15, -0.1) is 0 Å². The van der Waals surface area contributed by atoms with Crippen LogP contribution in [0.15, 0.2) is 72.8 Å². The predicted molar refractivity (Wildman–Crippen MR) is 122 cm³/mol. The summed E-state index contributed by atoms with van der Waals surface area (Å²) in [4.78, 5) is 24.8. The Balaban J connectivity index is 1.37. The molecule has 0 fully saturated rings. The Kier molecular flexibility index (Phi) is 6.09. The first-order chi connectivity index (χ1) is 15.1. The van der Waals surface area contributed by atoms with Gasteiger partial charge in [0.15, 0.2) is 16.6 Å². The molecule has 1 aliphatic heterocycles. The van der Waals surface area contributed by atoms with Crippen LogP contribution in [0.3, 0.4) is 0 Å². The van der Waals surface area contributed by atoms with Crippen LogP contribution in [0.2, 0.25) is 0 Å². The van der Waals surface area contributed by atoms with Crippen LogP contribution < -0.4 is 25.4 Å². The van der Waals surface area contributed by atoms with Crippen LogP contribution in [0.1, 0.15) is 20.7 Å². The van der Waals surface area contributed by atoms with E-state index >= 15 is 0 Å². The minimum Gasteiger partial charge on any atom is -0.486 e. The second kappa shape index (κ2) is 9.27. The van der Waals surface area contributed by atoms with E-state index in [0.717, 1.165) is 0 Å². The molecule has 0 atom stereocenters. The van der Waals surface area contributed by atoms with E-state index in [0.29, 0.717) is 47.2 Å². The highest BCUT2D eigenvalue weighted by molar-refractivity contribution is 7.80. The number of carbonyl (C=O) groups excluding carboxylic acids is 2. The van der Waals surface area contributed by atoms with E-state index in [4.69, 9.17) is 21.7 Å². The lowest BCUT2D eigenvalue weighted by atomic mass is 10.2. The summed E-state index contributed by atoms with van der Waals surface area (Å²) in [6, 6.07) is 20.9. The van der Waals surface area contributed by atoms with Gasteiger partial charge in [-0.3, -0.25) is 14.9 Å². The van der Waals surface area contributed by atoms with Gasteiger partial charge in [0, 0.05) is 22.5 Å². The van der Waals surface area contributed by atoms with Crippen LogP contribution in [-0.2, 0) is 0 Å². The summed E-state index contributed by atoms with van der Waals surface area (Å²) in [5.41, 5.74) is 2.18. The zero-order chi connectivity index (χ0) is 21.6. The fourth-order valence-corrected chi connectivity index (χ4v) is 3.20. The lowest BCUT2D eigenvalue weighted by molar-refractivity contribution is 0.0975. The maximum Gasteiger partial charge on any atom is 0.257 e. The molecule has 0 unspecified atom stereocenters. The Bertz CT molecular complexity index is 1130. The molecule has 31 heavy (non-hydrogen) atoms. The van der Waals surface area contributed by atoms with E-state index in [1.807, 2.05) is 6.07 Å². The predicted octanol–water partition coefficient (Wildman–Crippen LogP) is 3.84. The van der Waals surface area contributed by atoms with E-state index in [2.05, 4.69) is 16.0 Å². The van der Waals surface area contributed by atoms with Gasteiger partial charge in [-0.2, -0.15) is 0 Å². The molecule has 0 aliphatic carbocycles. The first kappa shape index (κ1) is 20.4. The number of anilines is 2. The molecule has 4 rings (SSSR count). The van der Waals surface area contributed by atoms with Crippen molar-refractivity contribution in [1.82, 2.24) is 5.32 Å². The second-order valence-electron chi connectivity index (χ2n) is 6.67. The summed E-state index contributed by atoms with van der Waals surface area (Å²) in [5.74, 6) is 0.549. The molecule has 0 bridgehead atoms. The molecule has 0 spiro atoms. The monoisotopic (exact) mass is 433 g/mol. The third kappa shape index (κ3) is 5.18. The third-order valence-electron chi connectivity index (χ3n) is 4.45. The number of hydrogen-bond acceptors (Lipinski definition) is 5. The summed E-state index contributed by atoms with van der Waals surface area (Å²) in [6.07, 6.45) is 0. The Morgan fingerprint density at radius 2 is 1.42 bits per heavy atom. The lowest BCUT2D eigenvalue weighted by Crippen LogP contribution is -2.34. The van der Waals surface area contributed by atoms with Gasteiger partial charge in [0.05, 0.1) is 0 Å². The lowest BCUT2D eigenvalue weighted by Gasteiger charge is -2.18. The standard InChI is InChI=1S/C23H19N3O4S/c27-21(15-5-2-1-3-6-15)24-17-7-4-8-18(14-17)25-23(31)26-22(28)16-9-10-19-20(13-16)30-12-11-29-19/h1-10,13-14H,11-12H2,(H,24,27)(H2,25,26,28,31). The number of hydrogen-bond donors (Lipinski definition) is 3. The Morgan fingerprint density at radius 1 is 0.710 bits per heavy atom. The number of nitrogens with one attached hydrogen (secondary N) is 3. The van der Waals surface area contributed by atoms with Crippen molar-refractivity contribution in [3.63, 3.8) is 0 Å². The van der Waals surface area contributed by atoms with Crippen molar-refractivity contribution in [2.75, 3.05) is 23.8 Å². The van der Waals surface area contributed by atoms with Crippen LogP contribution >= 0.6 is 12.2 Å². The number of carbonyl (C=O) groups is 2. The average Bonchev–Trinajstić information content (AvgIpc) is 2.79. The topological polar surface area (TPSA) is 88.7 Å². The minimum absolute atomic E-state index is 0.131. The van der Waals surface area contributed by atoms with Gasteiger partial charge in [-0.05, 0) is 60.7 Å². The van der Waals surface area contributed by atoms with Gasteiger partial charge in [0.2, 0.25) is 0 Å². The Hall–Kier alpha value is -3.91. The van der Waals surface area contributed by atoms with Crippen LogP contribution in [0.4, 0.5) is 11.4 Å². The molecule has 7 nitrogen and oxygen atoms in total. The molecule has 2 amide bonds. The molecule has 8 heteroatoms. The second-order valence-corrected chi connectivity index (χ2v) is 7.08.